The summed E-state index contributed by atoms with van der Waals surface area (Å²) in [6.45, 7) is 3.64. The molecule has 2 N–H and O–H groups in total. The molecule has 130 valence electrons. The smallest absolute Gasteiger partial charge is 0.338 e. The van der Waals surface area contributed by atoms with Gasteiger partial charge in [0.05, 0.1) is 30.3 Å². The molecule has 0 fully saturated rings. The van der Waals surface area contributed by atoms with Crippen molar-refractivity contribution < 1.29 is 13.9 Å². The van der Waals surface area contributed by atoms with Gasteiger partial charge in [0.1, 0.15) is 11.5 Å². The lowest BCUT2D eigenvalue weighted by Gasteiger charge is -2.37. The van der Waals surface area contributed by atoms with E-state index in [2.05, 4.69) is 9.98 Å². The number of carbonyl (C=O) groups is 1. The Balaban J connectivity index is 2.18. The minimum absolute atomic E-state index is 0.125. The molecule has 1 atom stereocenters. The molecule has 0 aliphatic carbocycles. The van der Waals surface area contributed by atoms with Crippen LogP contribution in [0.15, 0.2) is 56.4 Å². The number of amidine groups is 1. The van der Waals surface area contributed by atoms with Gasteiger partial charge >= 0.3 is 5.97 Å². The van der Waals surface area contributed by atoms with Gasteiger partial charge in [0.25, 0.3) is 0 Å². The molecule has 0 saturated heterocycles. The van der Waals surface area contributed by atoms with Crippen LogP contribution in [-0.4, -0.2) is 29.7 Å². The second kappa shape index (κ2) is 6.68. The first kappa shape index (κ1) is 17.2. The lowest BCUT2D eigenvalue weighted by Crippen LogP contribution is -2.43. The molecule has 25 heavy (non-hydrogen) atoms. The fourth-order valence-corrected chi connectivity index (χ4v) is 2.90. The number of esters is 1. The van der Waals surface area contributed by atoms with Crippen molar-refractivity contribution in [1.29, 1.82) is 0 Å². The molecule has 6 nitrogen and oxygen atoms in total. The second-order valence-corrected chi connectivity index (χ2v) is 5.82. The molecule has 0 aromatic heterocycles. The fourth-order valence-electron chi connectivity index (χ4n) is 2.77. The van der Waals surface area contributed by atoms with Crippen LogP contribution >= 0.6 is 11.6 Å². The van der Waals surface area contributed by atoms with Crippen molar-refractivity contribution in [2.45, 2.75) is 19.9 Å². The Hall–Kier alpha value is -2.67. The highest BCUT2D eigenvalue weighted by Gasteiger charge is 2.38. The predicted molar refractivity (Wildman–Crippen MR) is 93.3 cm³/mol. The lowest BCUT2D eigenvalue weighted by atomic mass is 9.93. The number of benzene rings is 1. The van der Waals surface area contributed by atoms with Gasteiger partial charge in [-0.1, -0.05) is 23.7 Å². The van der Waals surface area contributed by atoms with E-state index in [0.717, 1.165) is 0 Å². The molecule has 1 aromatic carbocycles. The average Bonchev–Trinajstić information content (AvgIpc) is 2.58. The molecule has 0 amide bonds. The minimum atomic E-state index is -0.598. The quantitative estimate of drug-likeness (QED) is 0.662. The molecule has 1 aromatic rings. The van der Waals surface area contributed by atoms with Crippen LogP contribution in [0.2, 0.25) is 0 Å². The summed E-state index contributed by atoms with van der Waals surface area (Å²) in [6, 6.07) is 5.25. The Morgan fingerprint density at radius 3 is 2.72 bits per heavy atom. The molecule has 0 radical (unpaired) electrons. The van der Waals surface area contributed by atoms with Gasteiger partial charge < -0.3 is 15.4 Å². The van der Waals surface area contributed by atoms with E-state index < -0.39 is 12.0 Å². The zero-order chi connectivity index (χ0) is 18.1. The third-order valence-electron chi connectivity index (χ3n) is 3.90. The van der Waals surface area contributed by atoms with Gasteiger partial charge in [-0.2, -0.15) is 0 Å². The van der Waals surface area contributed by atoms with Crippen LogP contribution < -0.4 is 5.73 Å². The van der Waals surface area contributed by atoms with Crippen LogP contribution in [0.3, 0.4) is 0 Å². The lowest BCUT2D eigenvalue weighted by molar-refractivity contribution is -0.139. The summed E-state index contributed by atoms with van der Waals surface area (Å²) in [6.07, 6.45) is 1.46. The molecule has 0 saturated carbocycles. The van der Waals surface area contributed by atoms with E-state index in [1.165, 1.54) is 18.5 Å². The van der Waals surface area contributed by atoms with E-state index in [1.807, 2.05) is 0 Å². The Kier molecular flexibility index (Phi) is 4.59. The second-order valence-electron chi connectivity index (χ2n) is 5.47. The third kappa shape index (κ3) is 3.02. The topological polar surface area (TPSA) is 80.3 Å². The van der Waals surface area contributed by atoms with Crippen LogP contribution in [0, 0.1) is 5.82 Å². The summed E-state index contributed by atoms with van der Waals surface area (Å²) in [5.41, 5.74) is 7.69. The van der Waals surface area contributed by atoms with Gasteiger partial charge in [-0.15, -0.1) is 0 Å². The summed E-state index contributed by atoms with van der Waals surface area (Å²) in [5.74, 6) is -0.480. The zero-order valence-electron chi connectivity index (χ0n) is 13.7. The molecular formula is C17H16ClFN4O2. The van der Waals surface area contributed by atoms with Crippen LogP contribution in [0.1, 0.15) is 25.5 Å². The number of halogens is 2. The van der Waals surface area contributed by atoms with Crippen LogP contribution in [0.25, 0.3) is 0 Å². The van der Waals surface area contributed by atoms with Crippen molar-refractivity contribution in [2.75, 3.05) is 6.61 Å². The SMILES string of the molecule is CCOC(=O)C1=C(C)N=C2C(N)=C(Cl)N=CN2C1c1ccc(F)cc1. The Morgan fingerprint density at radius 1 is 1.40 bits per heavy atom. The van der Waals surface area contributed by atoms with Crippen LogP contribution in [-0.2, 0) is 9.53 Å². The Bertz CT molecular complexity index is 843. The van der Waals surface area contributed by atoms with E-state index in [1.54, 1.807) is 30.9 Å². The number of nitrogens with two attached hydrogens (primary N) is 1. The van der Waals surface area contributed by atoms with Crippen molar-refractivity contribution in [2.24, 2.45) is 15.7 Å². The largest absolute Gasteiger partial charge is 0.463 e. The predicted octanol–water partition coefficient (Wildman–Crippen LogP) is 2.83. The minimum Gasteiger partial charge on any atom is -0.463 e. The van der Waals surface area contributed by atoms with Crippen LogP contribution in [0.4, 0.5) is 4.39 Å². The number of hydrogen-bond acceptors (Lipinski definition) is 6. The van der Waals surface area contributed by atoms with Gasteiger partial charge in [-0.25, -0.2) is 19.2 Å². The van der Waals surface area contributed by atoms with Gasteiger partial charge in [-0.05, 0) is 31.5 Å². The van der Waals surface area contributed by atoms with Gasteiger partial charge in [0, 0.05) is 0 Å². The highest BCUT2D eigenvalue weighted by Crippen LogP contribution is 2.37. The van der Waals surface area contributed by atoms with Crippen molar-refractivity contribution in [3.8, 4) is 0 Å². The first-order chi connectivity index (χ1) is 11.9. The Labute approximate surface area is 149 Å². The van der Waals surface area contributed by atoms with E-state index in [9.17, 15) is 9.18 Å². The number of rotatable bonds is 3. The molecule has 8 heteroatoms. The van der Waals surface area contributed by atoms with Crippen LogP contribution in [0.5, 0.6) is 0 Å². The highest BCUT2D eigenvalue weighted by atomic mass is 35.5. The number of ether oxygens (including phenoxy) is 1. The van der Waals surface area contributed by atoms with E-state index >= 15 is 0 Å². The van der Waals surface area contributed by atoms with Crippen molar-refractivity contribution in [3.63, 3.8) is 0 Å². The monoisotopic (exact) mass is 362 g/mol. The molecular weight excluding hydrogens is 347 g/mol. The number of aliphatic imine (C=N–C) groups is 2. The Morgan fingerprint density at radius 2 is 2.08 bits per heavy atom. The molecule has 2 aliphatic heterocycles. The zero-order valence-corrected chi connectivity index (χ0v) is 14.4. The normalized spacial score (nSPS) is 19.8. The third-order valence-corrected chi connectivity index (χ3v) is 4.20. The summed E-state index contributed by atoms with van der Waals surface area (Å²) in [7, 11) is 0. The van der Waals surface area contributed by atoms with Gasteiger partial charge in [-0.3, -0.25) is 0 Å². The first-order valence-electron chi connectivity index (χ1n) is 7.64. The fraction of sp³-hybridized carbons (Fsp3) is 0.235. The maximum Gasteiger partial charge on any atom is 0.338 e. The maximum atomic E-state index is 13.3. The summed E-state index contributed by atoms with van der Waals surface area (Å²) < 4.78 is 18.5. The summed E-state index contributed by atoms with van der Waals surface area (Å²) >= 11 is 5.99. The van der Waals surface area contributed by atoms with E-state index in [4.69, 9.17) is 22.1 Å². The number of fused-ring (bicyclic) bond motifs is 1. The number of carbonyl (C=O) groups excluding carboxylic acids is 1. The number of hydrogen-bond donors (Lipinski definition) is 1. The molecule has 1 unspecified atom stereocenters. The first-order valence-corrected chi connectivity index (χ1v) is 8.02. The van der Waals surface area contributed by atoms with E-state index in [-0.39, 0.29) is 23.3 Å². The summed E-state index contributed by atoms with van der Waals surface area (Å²) in [4.78, 5) is 22.6. The van der Waals surface area contributed by atoms with Crippen molar-refractivity contribution in [3.05, 3.63) is 57.8 Å². The number of nitrogens with zero attached hydrogens (tertiary/aromatic N) is 3. The van der Waals surface area contributed by atoms with Crippen molar-refractivity contribution >= 4 is 29.7 Å². The van der Waals surface area contributed by atoms with Gasteiger partial charge in [0.2, 0.25) is 0 Å². The average molecular weight is 363 g/mol. The standard InChI is InChI=1S/C17H16ClFN4O2/c1-3-25-17(24)12-9(2)22-16-13(20)15(18)21-8-23(16)14(12)10-4-6-11(19)7-5-10/h4-8,14H,3,20H2,1-2H3. The molecule has 3 rings (SSSR count). The molecule has 2 aliphatic rings. The van der Waals surface area contributed by atoms with Crippen molar-refractivity contribution in [1.82, 2.24) is 4.90 Å². The molecule has 2 heterocycles. The summed E-state index contributed by atoms with van der Waals surface area (Å²) in [5, 5.41) is 0.125. The highest BCUT2D eigenvalue weighted by molar-refractivity contribution is 6.33. The molecule has 0 bridgehead atoms. The molecule has 0 spiro atoms. The van der Waals surface area contributed by atoms with Gasteiger partial charge in [0.15, 0.2) is 11.0 Å². The van der Waals surface area contributed by atoms with E-state index in [0.29, 0.717) is 22.7 Å². The number of allylic oxidation sites excluding steroid dienone is 1. The maximum absolute atomic E-state index is 13.3.